The zero-order chi connectivity index (χ0) is 11.8. The van der Waals surface area contributed by atoms with Crippen LogP contribution >= 0.6 is 0 Å². The highest BCUT2D eigenvalue weighted by Gasteiger charge is 2.02. The lowest BCUT2D eigenvalue weighted by Crippen LogP contribution is -2.16. The van der Waals surface area contributed by atoms with Crippen molar-refractivity contribution < 1.29 is 4.74 Å². The molecule has 0 saturated carbocycles. The van der Waals surface area contributed by atoms with Gasteiger partial charge in [-0.15, -0.1) is 0 Å². The number of benzene rings is 1. The molecule has 0 amide bonds. The lowest BCUT2D eigenvalue weighted by Gasteiger charge is -2.16. The van der Waals surface area contributed by atoms with Crippen molar-refractivity contribution >= 4 is 5.69 Å². The van der Waals surface area contributed by atoms with E-state index in [-0.39, 0.29) is 0 Å². The molecule has 0 bridgehead atoms. The van der Waals surface area contributed by atoms with E-state index < -0.39 is 0 Å². The topological polar surface area (TPSA) is 21.3 Å². The van der Waals surface area contributed by atoms with Crippen LogP contribution in [0.4, 0.5) is 5.69 Å². The zero-order valence-corrected chi connectivity index (χ0v) is 10.6. The average Bonchev–Trinajstić information content (AvgIpc) is 2.35. The number of anilines is 1. The molecule has 0 spiro atoms. The lowest BCUT2D eigenvalue weighted by atomic mass is 10.1. The third-order valence-corrected chi connectivity index (χ3v) is 2.68. The summed E-state index contributed by atoms with van der Waals surface area (Å²) in [4.78, 5) is 0. The first-order valence-electron chi connectivity index (χ1n) is 6.29. The Hall–Kier alpha value is -1.18. The summed E-state index contributed by atoms with van der Waals surface area (Å²) >= 11 is 0. The second kappa shape index (κ2) is 7.15. The number of ether oxygens (including phenoxy) is 1. The maximum Gasteiger partial charge on any atom is 0.119 e. The highest BCUT2D eigenvalue weighted by Crippen LogP contribution is 2.17. The van der Waals surface area contributed by atoms with Gasteiger partial charge in [-0.3, -0.25) is 0 Å². The van der Waals surface area contributed by atoms with Crippen LogP contribution in [0.3, 0.4) is 0 Å². The second-order valence-corrected chi connectivity index (χ2v) is 4.03. The molecule has 0 aromatic heterocycles. The van der Waals surface area contributed by atoms with Crippen molar-refractivity contribution in [2.75, 3.05) is 11.9 Å². The standard InChI is InChI=1S/C14H23NO/c1-4-11-16-14-9-7-13(8-10-14)15-12(5-2)6-3/h7-10,12,15H,4-6,11H2,1-3H3. The van der Waals surface area contributed by atoms with Crippen molar-refractivity contribution in [3.05, 3.63) is 24.3 Å². The van der Waals surface area contributed by atoms with E-state index in [2.05, 4.69) is 38.2 Å². The van der Waals surface area contributed by atoms with Crippen molar-refractivity contribution in [3.8, 4) is 5.75 Å². The van der Waals surface area contributed by atoms with Gasteiger partial charge in [0.05, 0.1) is 6.61 Å². The van der Waals surface area contributed by atoms with Gasteiger partial charge in [0.25, 0.3) is 0 Å². The SMILES string of the molecule is CCCOc1ccc(NC(CC)CC)cc1. The fraction of sp³-hybridized carbons (Fsp3) is 0.571. The Morgan fingerprint density at radius 2 is 1.69 bits per heavy atom. The van der Waals surface area contributed by atoms with Crippen LogP contribution in [0, 0.1) is 0 Å². The molecule has 0 aliphatic carbocycles. The van der Waals surface area contributed by atoms with Crippen LogP contribution < -0.4 is 10.1 Å². The van der Waals surface area contributed by atoms with E-state index in [4.69, 9.17) is 4.74 Å². The van der Waals surface area contributed by atoms with Crippen LogP contribution in [0.5, 0.6) is 5.75 Å². The minimum atomic E-state index is 0.572. The Morgan fingerprint density at radius 1 is 1.06 bits per heavy atom. The van der Waals surface area contributed by atoms with Gasteiger partial charge in [-0.2, -0.15) is 0 Å². The number of hydrogen-bond acceptors (Lipinski definition) is 2. The molecule has 90 valence electrons. The summed E-state index contributed by atoms with van der Waals surface area (Å²) in [5.74, 6) is 0.956. The van der Waals surface area contributed by atoms with Crippen LogP contribution in [0.1, 0.15) is 40.0 Å². The second-order valence-electron chi connectivity index (χ2n) is 4.03. The van der Waals surface area contributed by atoms with Gasteiger partial charge in [0, 0.05) is 11.7 Å². The predicted molar refractivity (Wildman–Crippen MR) is 70.2 cm³/mol. The van der Waals surface area contributed by atoms with E-state index in [1.54, 1.807) is 0 Å². The summed E-state index contributed by atoms with van der Waals surface area (Å²) in [6.07, 6.45) is 3.36. The van der Waals surface area contributed by atoms with Gasteiger partial charge in [-0.25, -0.2) is 0 Å². The van der Waals surface area contributed by atoms with Gasteiger partial charge in [-0.05, 0) is 43.5 Å². The summed E-state index contributed by atoms with van der Waals surface area (Å²) in [5, 5.41) is 3.51. The van der Waals surface area contributed by atoms with E-state index in [1.165, 1.54) is 5.69 Å². The molecule has 1 rings (SSSR count). The van der Waals surface area contributed by atoms with Gasteiger partial charge in [-0.1, -0.05) is 20.8 Å². The van der Waals surface area contributed by atoms with Crippen molar-refractivity contribution in [1.82, 2.24) is 0 Å². The van der Waals surface area contributed by atoms with Crippen LogP contribution in [0.25, 0.3) is 0 Å². The Morgan fingerprint density at radius 3 is 2.19 bits per heavy atom. The summed E-state index contributed by atoms with van der Waals surface area (Å²) in [7, 11) is 0. The maximum absolute atomic E-state index is 5.54. The largest absolute Gasteiger partial charge is 0.494 e. The molecule has 0 radical (unpaired) electrons. The van der Waals surface area contributed by atoms with Gasteiger partial charge in [0.15, 0.2) is 0 Å². The smallest absolute Gasteiger partial charge is 0.119 e. The number of nitrogens with one attached hydrogen (secondary N) is 1. The molecule has 2 heteroatoms. The summed E-state index contributed by atoms with van der Waals surface area (Å²) in [6, 6.07) is 8.80. The molecule has 1 aromatic carbocycles. The molecule has 0 fully saturated rings. The minimum Gasteiger partial charge on any atom is -0.494 e. The van der Waals surface area contributed by atoms with Crippen molar-refractivity contribution in [3.63, 3.8) is 0 Å². The lowest BCUT2D eigenvalue weighted by molar-refractivity contribution is 0.317. The third kappa shape index (κ3) is 4.13. The number of rotatable bonds is 7. The van der Waals surface area contributed by atoms with Gasteiger partial charge < -0.3 is 10.1 Å². The predicted octanol–water partition coefficient (Wildman–Crippen LogP) is 4.08. The molecular formula is C14H23NO. The normalized spacial score (nSPS) is 10.5. The summed E-state index contributed by atoms with van der Waals surface area (Å²) in [6.45, 7) is 7.32. The van der Waals surface area contributed by atoms with Crippen LogP contribution in [0.15, 0.2) is 24.3 Å². The molecule has 0 heterocycles. The van der Waals surface area contributed by atoms with E-state index in [9.17, 15) is 0 Å². The highest BCUT2D eigenvalue weighted by atomic mass is 16.5. The molecule has 0 atom stereocenters. The van der Waals surface area contributed by atoms with Crippen molar-refractivity contribution in [2.45, 2.75) is 46.1 Å². The Kier molecular flexibility index (Phi) is 5.76. The molecule has 0 aliphatic rings. The zero-order valence-electron chi connectivity index (χ0n) is 10.6. The van der Waals surface area contributed by atoms with Crippen molar-refractivity contribution in [1.29, 1.82) is 0 Å². The van der Waals surface area contributed by atoms with E-state index in [0.29, 0.717) is 6.04 Å². The molecular weight excluding hydrogens is 198 g/mol. The molecule has 16 heavy (non-hydrogen) atoms. The van der Waals surface area contributed by atoms with Crippen molar-refractivity contribution in [2.24, 2.45) is 0 Å². The molecule has 0 aliphatic heterocycles. The number of hydrogen-bond donors (Lipinski definition) is 1. The quantitative estimate of drug-likeness (QED) is 0.749. The molecule has 0 saturated heterocycles. The first-order valence-corrected chi connectivity index (χ1v) is 6.29. The Labute approximate surface area is 99.0 Å². The third-order valence-electron chi connectivity index (χ3n) is 2.68. The van der Waals surface area contributed by atoms with Gasteiger partial charge in [0.1, 0.15) is 5.75 Å². The molecule has 0 unspecified atom stereocenters. The summed E-state index contributed by atoms with van der Waals surface area (Å²) < 4.78 is 5.54. The first-order chi connectivity index (χ1) is 7.80. The highest BCUT2D eigenvalue weighted by molar-refractivity contribution is 5.47. The molecule has 1 aromatic rings. The first kappa shape index (κ1) is 12.9. The fourth-order valence-electron chi connectivity index (χ4n) is 1.60. The van der Waals surface area contributed by atoms with Gasteiger partial charge in [0.2, 0.25) is 0 Å². The Balaban J connectivity index is 2.50. The molecule has 1 N–H and O–H groups in total. The Bertz CT molecular complexity index is 277. The van der Waals surface area contributed by atoms with Crippen LogP contribution in [-0.4, -0.2) is 12.6 Å². The van der Waals surface area contributed by atoms with E-state index in [1.807, 2.05) is 12.1 Å². The van der Waals surface area contributed by atoms with E-state index in [0.717, 1.165) is 31.6 Å². The average molecular weight is 221 g/mol. The maximum atomic E-state index is 5.54. The molecule has 2 nitrogen and oxygen atoms in total. The van der Waals surface area contributed by atoms with Gasteiger partial charge >= 0.3 is 0 Å². The monoisotopic (exact) mass is 221 g/mol. The fourth-order valence-corrected chi connectivity index (χ4v) is 1.60. The van der Waals surface area contributed by atoms with E-state index >= 15 is 0 Å². The van der Waals surface area contributed by atoms with Crippen LogP contribution in [-0.2, 0) is 0 Å². The van der Waals surface area contributed by atoms with Crippen LogP contribution in [0.2, 0.25) is 0 Å². The summed E-state index contributed by atoms with van der Waals surface area (Å²) in [5.41, 5.74) is 1.18. The minimum absolute atomic E-state index is 0.572.